The average molecular weight is 377 g/mol. The summed E-state index contributed by atoms with van der Waals surface area (Å²) in [6, 6.07) is 12.7. The van der Waals surface area contributed by atoms with Crippen molar-refractivity contribution in [1.82, 2.24) is 0 Å². The fourth-order valence-corrected chi connectivity index (χ4v) is 3.28. The zero-order chi connectivity index (χ0) is 18.0. The maximum atomic E-state index is 12.4. The lowest BCUT2D eigenvalue weighted by Gasteiger charge is -2.10. The second-order valence-electron chi connectivity index (χ2n) is 6.03. The molecule has 0 aliphatic heterocycles. The fraction of sp³-hybridized carbons (Fsp3) is 0.263. The first-order valence-electron chi connectivity index (χ1n) is 8.15. The molecule has 0 aromatic heterocycles. The van der Waals surface area contributed by atoms with E-state index in [0.717, 1.165) is 17.7 Å². The third kappa shape index (κ3) is 3.97. The summed E-state index contributed by atoms with van der Waals surface area (Å²) in [6.07, 6.45) is 1.35. The van der Waals surface area contributed by atoms with Gasteiger partial charge in [0.2, 0.25) is 11.8 Å². The van der Waals surface area contributed by atoms with Crippen molar-refractivity contribution in [1.29, 1.82) is 0 Å². The van der Waals surface area contributed by atoms with E-state index in [9.17, 15) is 9.59 Å². The summed E-state index contributed by atoms with van der Waals surface area (Å²) in [5.41, 5.74) is 2.26. The van der Waals surface area contributed by atoms with Crippen LogP contribution in [0.2, 0.25) is 10.0 Å². The number of anilines is 2. The number of aryl methyl sites for hydroxylation is 1. The summed E-state index contributed by atoms with van der Waals surface area (Å²) in [5, 5.41) is 6.40. The molecule has 3 rings (SSSR count). The normalized spacial score (nSPS) is 18.5. The zero-order valence-corrected chi connectivity index (χ0v) is 15.2. The third-order valence-electron chi connectivity index (χ3n) is 4.33. The van der Waals surface area contributed by atoms with E-state index in [1.54, 1.807) is 18.2 Å². The minimum Gasteiger partial charge on any atom is -0.326 e. The Balaban J connectivity index is 1.62. The molecule has 0 bridgehead atoms. The van der Waals surface area contributed by atoms with E-state index in [2.05, 4.69) is 10.6 Å². The van der Waals surface area contributed by atoms with Crippen LogP contribution in [0.3, 0.4) is 0 Å². The minimum absolute atomic E-state index is 0.133. The number of amides is 2. The first kappa shape index (κ1) is 17.8. The Hall–Kier alpha value is -2.04. The van der Waals surface area contributed by atoms with Gasteiger partial charge in [-0.15, -0.1) is 0 Å². The van der Waals surface area contributed by atoms with Crippen molar-refractivity contribution in [2.75, 3.05) is 10.6 Å². The number of nitrogens with one attached hydrogen (secondary N) is 2. The van der Waals surface area contributed by atoms with Crippen LogP contribution < -0.4 is 10.6 Å². The number of halogens is 2. The predicted molar refractivity (Wildman–Crippen MR) is 101 cm³/mol. The number of hydrogen-bond acceptors (Lipinski definition) is 2. The molecule has 1 saturated carbocycles. The molecule has 2 atom stereocenters. The molecule has 0 heterocycles. The molecular formula is C19H18Cl2N2O2. The maximum Gasteiger partial charge on any atom is 0.228 e. The van der Waals surface area contributed by atoms with E-state index in [4.69, 9.17) is 23.2 Å². The Morgan fingerprint density at radius 1 is 0.960 bits per heavy atom. The summed E-state index contributed by atoms with van der Waals surface area (Å²) in [6.45, 7) is 2.03. The van der Waals surface area contributed by atoms with Gasteiger partial charge in [-0.3, -0.25) is 9.59 Å². The van der Waals surface area contributed by atoms with Crippen molar-refractivity contribution in [3.8, 4) is 0 Å². The van der Waals surface area contributed by atoms with Crippen molar-refractivity contribution in [2.45, 2.75) is 19.8 Å². The molecule has 1 aliphatic carbocycles. The smallest absolute Gasteiger partial charge is 0.228 e. The summed E-state index contributed by atoms with van der Waals surface area (Å²) in [7, 11) is 0. The van der Waals surface area contributed by atoms with Crippen LogP contribution in [0.15, 0.2) is 42.5 Å². The number of para-hydroxylation sites is 2. The van der Waals surface area contributed by atoms with Gasteiger partial charge in [-0.25, -0.2) is 0 Å². The van der Waals surface area contributed by atoms with Gasteiger partial charge in [-0.05, 0) is 36.6 Å². The van der Waals surface area contributed by atoms with Crippen molar-refractivity contribution < 1.29 is 9.59 Å². The number of hydrogen-bond donors (Lipinski definition) is 2. The Bertz CT molecular complexity index is 803. The highest BCUT2D eigenvalue weighted by Crippen LogP contribution is 2.41. The average Bonchev–Trinajstić information content (AvgIpc) is 3.39. The van der Waals surface area contributed by atoms with Crippen LogP contribution in [0.4, 0.5) is 11.4 Å². The van der Waals surface area contributed by atoms with Gasteiger partial charge in [-0.2, -0.15) is 0 Å². The highest BCUT2D eigenvalue weighted by atomic mass is 35.5. The highest BCUT2D eigenvalue weighted by Gasteiger charge is 2.48. The van der Waals surface area contributed by atoms with Crippen molar-refractivity contribution in [3.05, 3.63) is 58.1 Å². The molecule has 0 radical (unpaired) electrons. The Morgan fingerprint density at radius 2 is 1.56 bits per heavy atom. The van der Waals surface area contributed by atoms with E-state index in [0.29, 0.717) is 22.2 Å². The molecule has 2 aromatic carbocycles. The Kier molecular flexibility index (Phi) is 5.30. The van der Waals surface area contributed by atoms with E-state index in [1.165, 1.54) is 0 Å². The van der Waals surface area contributed by atoms with E-state index in [-0.39, 0.29) is 23.7 Å². The van der Waals surface area contributed by atoms with Crippen LogP contribution in [0.25, 0.3) is 0 Å². The van der Waals surface area contributed by atoms with Gasteiger partial charge < -0.3 is 10.6 Å². The van der Waals surface area contributed by atoms with Gasteiger partial charge in [0.1, 0.15) is 0 Å². The predicted octanol–water partition coefficient (Wildman–Crippen LogP) is 4.77. The number of benzene rings is 2. The Morgan fingerprint density at radius 3 is 2.20 bits per heavy atom. The summed E-state index contributed by atoms with van der Waals surface area (Å²) in [4.78, 5) is 24.8. The lowest BCUT2D eigenvalue weighted by Crippen LogP contribution is -2.21. The highest BCUT2D eigenvalue weighted by molar-refractivity contribution is 6.39. The van der Waals surface area contributed by atoms with Crippen LogP contribution in [-0.4, -0.2) is 11.8 Å². The summed E-state index contributed by atoms with van der Waals surface area (Å²) >= 11 is 12.1. The second-order valence-corrected chi connectivity index (χ2v) is 6.85. The molecule has 6 heteroatoms. The molecule has 2 unspecified atom stereocenters. The van der Waals surface area contributed by atoms with Crippen LogP contribution in [0.5, 0.6) is 0 Å². The molecular weight excluding hydrogens is 359 g/mol. The van der Waals surface area contributed by atoms with Crippen LogP contribution in [0, 0.1) is 11.8 Å². The molecule has 0 saturated heterocycles. The monoisotopic (exact) mass is 376 g/mol. The first-order chi connectivity index (χ1) is 12.0. The van der Waals surface area contributed by atoms with Crippen LogP contribution in [0.1, 0.15) is 18.9 Å². The van der Waals surface area contributed by atoms with Gasteiger partial charge in [-0.1, -0.05) is 54.4 Å². The van der Waals surface area contributed by atoms with Crippen molar-refractivity contribution in [3.63, 3.8) is 0 Å². The third-order valence-corrected chi connectivity index (χ3v) is 4.96. The minimum atomic E-state index is -0.360. The van der Waals surface area contributed by atoms with Crippen LogP contribution >= 0.6 is 23.2 Å². The number of carbonyl (C=O) groups excluding carboxylic acids is 2. The van der Waals surface area contributed by atoms with Crippen molar-refractivity contribution in [2.24, 2.45) is 11.8 Å². The topological polar surface area (TPSA) is 58.2 Å². The molecule has 4 nitrogen and oxygen atoms in total. The van der Waals surface area contributed by atoms with Gasteiger partial charge in [0.15, 0.2) is 0 Å². The lowest BCUT2D eigenvalue weighted by atomic mass is 10.1. The van der Waals surface area contributed by atoms with Gasteiger partial charge >= 0.3 is 0 Å². The zero-order valence-electron chi connectivity index (χ0n) is 13.7. The maximum absolute atomic E-state index is 12.4. The molecule has 2 N–H and O–H groups in total. The van der Waals surface area contributed by atoms with E-state index in [1.807, 2.05) is 31.2 Å². The largest absolute Gasteiger partial charge is 0.326 e. The summed E-state index contributed by atoms with van der Waals surface area (Å²) < 4.78 is 0. The quantitative estimate of drug-likeness (QED) is 0.789. The lowest BCUT2D eigenvalue weighted by molar-refractivity contribution is -0.122. The van der Waals surface area contributed by atoms with Crippen molar-refractivity contribution >= 4 is 46.4 Å². The molecule has 2 aromatic rings. The van der Waals surface area contributed by atoms with E-state index >= 15 is 0 Å². The van der Waals surface area contributed by atoms with Gasteiger partial charge in [0.05, 0.1) is 27.6 Å². The molecule has 25 heavy (non-hydrogen) atoms. The van der Waals surface area contributed by atoms with Crippen LogP contribution in [-0.2, 0) is 16.0 Å². The van der Waals surface area contributed by atoms with E-state index < -0.39 is 0 Å². The summed E-state index contributed by atoms with van der Waals surface area (Å²) in [5.74, 6) is -1.06. The molecule has 1 aliphatic rings. The first-order valence-corrected chi connectivity index (χ1v) is 8.90. The molecule has 1 fully saturated rings. The van der Waals surface area contributed by atoms with Gasteiger partial charge in [0, 0.05) is 5.69 Å². The van der Waals surface area contributed by atoms with Gasteiger partial charge in [0.25, 0.3) is 0 Å². The number of carbonyl (C=O) groups is 2. The standard InChI is InChI=1S/C19H18Cl2N2O2/c1-2-11-6-3-4-9-16(11)22-18(24)12-10-13(12)19(25)23-17-14(20)7-5-8-15(17)21/h3-9,12-13H,2,10H2,1H3,(H,22,24)(H,23,25). The second kappa shape index (κ2) is 7.46. The molecule has 0 spiro atoms. The Labute approximate surface area is 156 Å². The fourth-order valence-electron chi connectivity index (χ4n) is 2.78. The molecule has 2 amide bonds. The number of rotatable bonds is 5. The molecule has 130 valence electrons. The SMILES string of the molecule is CCc1ccccc1NC(=O)C1CC1C(=O)Nc1c(Cl)cccc1Cl.